The number of carbonyl (C=O) groups is 2. The molecule has 9 heteroatoms. The maximum Gasteiger partial charge on any atom is 0.338 e. The molecule has 7 nitrogen and oxygen atoms in total. The highest BCUT2D eigenvalue weighted by Crippen LogP contribution is 2.28. The summed E-state index contributed by atoms with van der Waals surface area (Å²) in [6.45, 7) is 6.90. The number of carbonyl (C=O) groups excluding carboxylic acids is 2. The first-order chi connectivity index (χ1) is 16.5. The van der Waals surface area contributed by atoms with Crippen LogP contribution in [0.5, 0.6) is 0 Å². The third-order valence-electron chi connectivity index (χ3n) is 5.35. The summed E-state index contributed by atoms with van der Waals surface area (Å²) in [6.07, 6.45) is 0. The van der Waals surface area contributed by atoms with Crippen LogP contribution in [0, 0.1) is 20.8 Å². The molecular formula is C26H27ClN2O5S. The average molecular weight is 515 g/mol. The van der Waals surface area contributed by atoms with E-state index in [1.807, 2.05) is 6.92 Å². The summed E-state index contributed by atoms with van der Waals surface area (Å²) in [5, 5.41) is 3.12. The number of nitrogens with one attached hydrogen (secondary N) is 1. The second kappa shape index (κ2) is 10.9. The minimum absolute atomic E-state index is 0.0579. The number of anilines is 2. The summed E-state index contributed by atoms with van der Waals surface area (Å²) >= 11 is 6.26. The molecule has 3 aromatic carbocycles. The normalized spacial score (nSPS) is 11.1. The summed E-state index contributed by atoms with van der Waals surface area (Å²) in [6, 6.07) is 16.0. The van der Waals surface area contributed by atoms with Gasteiger partial charge in [-0.1, -0.05) is 35.4 Å². The van der Waals surface area contributed by atoms with Crippen LogP contribution in [0.2, 0.25) is 5.02 Å². The zero-order valence-corrected chi connectivity index (χ0v) is 21.5. The van der Waals surface area contributed by atoms with Crippen molar-refractivity contribution in [2.45, 2.75) is 32.6 Å². The summed E-state index contributed by atoms with van der Waals surface area (Å²) in [5.41, 5.74) is 3.41. The van der Waals surface area contributed by atoms with Gasteiger partial charge in [-0.05, 0) is 81.3 Å². The number of halogens is 1. The highest BCUT2D eigenvalue weighted by molar-refractivity contribution is 7.92. The van der Waals surface area contributed by atoms with E-state index in [0.717, 1.165) is 15.4 Å². The van der Waals surface area contributed by atoms with E-state index in [-0.39, 0.29) is 17.2 Å². The molecule has 0 heterocycles. The largest absolute Gasteiger partial charge is 0.462 e. The van der Waals surface area contributed by atoms with Crippen LogP contribution in [0.25, 0.3) is 0 Å². The highest BCUT2D eigenvalue weighted by Gasteiger charge is 2.28. The average Bonchev–Trinajstić information content (AvgIpc) is 2.81. The number of hydrogen-bond donors (Lipinski definition) is 1. The molecule has 1 amide bonds. The number of esters is 1. The Balaban J connectivity index is 1.92. The second-order valence-corrected chi connectivity index (χ2v) is 10.3. The van der Waals surface area contributed by atoms with E-state index >= 15 is 0 Å². The van der Waals surface area contributed by atoms with Gasteiger partial charge in [0.25, 0.3) is 10.0 Å². The van der Waals surface area contributed by atoms with E-state index in [0.29, 0.717) is 21.8 Å². The third-order valence-corrected chi connectivity index (χ3v) is 7.55. The molecule has 3 rings (SSSR count). The van der Waals surface area contributed by atoms with Gasteiger partial charge in [0.05, 0.1) is 22.8 Å². The molecule has 0 bridgehead atoms. The minimum Gasteiger partial charge on any atom is -0.462 e. The molecule has 0 unspecified atom stereocenters. The number of nitrogens with zero attached hydrogens (tertiary/aromatic N) is 1. The maximum atomic E-state index is 13.5. The topological polar surface area (TPSA) is 92.8 Å². The lowest BCUT2D eigenvalue weighted by molar-refractivity contribution is -0.114. The van der Waals surface area contributed by atoms with E-state index in [4.69, 9.17) is 16.3 Å². The number of ether oxygens (including phenoxy) is 1. The van der Waals surface area contributed by atoms with Gasteiger partial charge in [-0.2, -0.15) is 0 Å². The van der Waals surface area contributed by atoms with E-state index in [2.05, 4.69) is 5.32 Å². The fourth-order valence-corrected chi connectivity index (χ4v) is 4.94. The molecule has 0 aliphatic heterocycles. The molecule has 0 atom stereocenters. The van der Waals surface area contributed by atoms with Gasteiger partial charge in [-0.3, -0.25) is 9.10 Å². The Morgan fingerprint density at radius 2 is 1.63 bits per heavy atom. The van der Waals surface area contributed by atoms with Crippen molar-refractivity contribution in [3.05, 3.63) is 87.9 Å². The van der Waals surface area contributed by atoms with Gasteiger partial charge in [-0.15, -0.1) is 0 Å². The summed E-state index contributed by atoms with van der Waals surface area (Å²) in [5.74, 6) is -1.01. The van der Waals surface area contributed by atoms with Gasteiger partial charge >= 0.3 is 5.97 Å². The summed E-state index contributed by atoms with van der Waals surface area (Å²) < 4.78 is 33.1. The Bertz CT molecular complexity index is 1350. The Morgan fingerprint density at radius 3 is 2.23 bits per heavy atom. The predicted octanol–water partition coefficient (Wildman–Crippen LogP) is 5.28. The van der Waals surface area contributed by atoms with Crippen LogP contribution >= 0.6 is 11.6 Å². The van der Waals surface area contributed by atoms with Crippen LogP contribution in [0.4, 0.5) is 11.4 Å². The maximum absolute atomic E-state index is 13.5. The number of benzene rings is 3. The van der Waals surface area contributed by atoms with Crippen LogP contribution in [-0.4, -0.2) is 33.4 Å². The SMILES string of the molecule is CCOC(=O)c1ccc(NC(=O)CN(c2ccc(C)c(Cl)c2)S(=O)(=O)c2ccc(C)cc2)c(C)c1. The monoisotopic (exact) mass is 514 g/mol. The molecule has 0 saturated carbocycles. The Hall–Kier alpha value is -3.36. The minimum atomic E-state index is -4.07. The summed E-state index contributed by atoms with van der Waals surface area (Å²) in [7, 11) is -4.07. The highest BCUT2D eigenvalue weighted by atomic mass is 35.5. The predicted molar refractivity (Wildman–Crippen MR) is 138 cm³/mol. The molecule has 0 spiro atoms. The molecule has 0 saturated heterocycles. The first kappa shape index (κ1) is 26.2. The van der Waals surface area contributed by atoms with E-state index in [9.17, 15) is 18.0 Å². The van der Waals surface area contributed by atoms with Gasteiger partial charge in [-0.25, -0.2) is 13.2 Å². The van der Waals surface area contributed by atoms with Crippen molar-refractivity contribution in [1.82, 2.24) is 0 Å². The lowest BCUT2D eigenvalue weighted by atomic mass is 10.1. The van der Waals surface area contributed by atoms with E-state index < -0.39 is 28.4 Å². The first-order valence-electron chi connectivity index (χ1n) is 11.0. The fraction of sp³-hybridized carbons (Fsp3) is 0.231. The van der Waals surface area contributed by atoms with Crippen molar-refractivity contribution >= 4 is 44.9 Å². The molecule has 3 aromatic rings. The Labute approximate surface area is 210 Å². The van der Waals surface area contributed by atoms with Crippen molar-refractivity contribution in [3.63, 3.8) is 0 Å². The standard InChI is InChI=1S/C26H27ClN2O5S/c1-5-34-26(31)20-9-13-24(19(4)14-20)28-25(30)16-29(21-10-8-18(3)23(27)15-21)35(32,33)22-11-6-17(2)7-12-22/h6-15H,5,16H2,1-4H3,(H,28,30). The van der Waals surface area contributed by atoms with Crippen LogP contribution < -0.4 is 9.62 Å². The molecular weight excluding hydrogens is 488 g/mol. The van der Waals surface area contributed by atoms with Gasteiger partial charge < -0.3 is 10.1 Å². The number of sulfonamides is 1. The number of aryl methyl sites for hydroxylation is 3. The molecule has 0 aliphatic carbocycles. The lowest BCUT2D eigenvalue weighted by Gasteiger charge is -2.25. The van der Waals surface area contributed by atoms with Crippen molar-refractivity contribution < 1.29 is 22.7 Å². The lowest BCUT2D eigenvalue weighted by Crippen LogP contribution is -2.38. The van der Waals surface area contributed by atoms with E-state index in [1.54, 1.807) is 63.2 Å². The van der Waals surface area contributed by atoms with Crippen LogP contribution in [0.15, 0.2) is 65.6 Å². The van der Waals surface area contributed by atoms with Crippen molar-refractivity contribution in [1.29, 1.82) is 0 Å². The molecule has 0 aliphatic rings. The molecule has 0 aromatic heterocycles. The van der Waals surface area contributed by atoms with Crippen LogP contribution in [-0.2, 0) is 19.6 Å². The number of rotatable bonds is 8. The fourth-order valence-electron chi connectivity index (χ4n) is 3.35. The first-order valence-corrected chi connectivity index (χ1v) is 12.8. The van der Waals surface area contributed by atoms with Crippen molar-refractivity contribution in [2.24, 2.45) is 0 Å². The molecule has 0 fully saturated rings. The van der Waals surface area contributed by atoms with Gasteiger partial charge in [0.2, 0.25) is 5.91 Å². The Morgan fingerprint density at radius 1 is 0.943 bits per heavy atom. The second-order valence-electron chi connectivity index (χ2n) is 8.06. The smallest absolute Gasteiger partial charge is 0.338 e. The zero-order valence-electron chi connectivity index (χ0n) is 20.0. The zero-order chi connectivity index (χ0) is 25.8. The summed E-state index contributed by atoms with van der Waals surface area (Å²) in [4.78, 5) is 25.0. The van der Waals surface area contributed by atoms with E-state index in [1.165, 1.54) is 18.2 Å². The van der Waals surface area contributed by atoms with Gasteiger partial charge in [0, 0.05) is 10.7 Å². The molecule has 35 heavy (non-hydrogen) atoms. The molecule has 184 valence electrons. The molecule has 0 radical (unpaired) electrons. The van der Waals surface area contributed by atoms with Crippen molar-refractivity contribution in [3.8, 4) is 0 Å². The number of amides is 1. The Kier molecular flexibility index (Phi) is 8.19. The van der Waals surface area contributed by atoms with Gasteiger partial charge in [0.1, 0.15) is 6.54 Å². The van der Waals surface area contributed by atoms with Crippen LogP contribution in [0.3, 0.4) is 0 Å². The number of hydrogen-bond acceptors (Lipinski definition) is 5. The van der Waals surface area contributed by atoms with Crippen molar-refractivity contribution in [2.75, 3.05) is 22.8 Å². The van der Waals surface area contributed by atoms with Crippen LogP contribution in [0.1, 0.15) is 34.0 Å². The third kappa shape index (κ3) is 6.21. The van der Waals surface area contributed by atoms with Gasteiger partial charge in [0.15, 0.2) is 0 Å². The molecule has 1 N–H and O–H groups in total. The quantitative estimate of drug-likeness (QED) is 0.413.